The molecule has 0 aliphatic carbocycles. The third-order valence-electron chi connectivity index (χ3n) is 0. The minimum atomic E-state index is -5.39. The summed E-state index contributed by atoms with van der Waals surface area (Å²) in [5, 5.41) is 0. The van der Waals surface area contributed by atoms with E-state index in [0.717, 1.165) is 0 Å². The Kier molecular flexibility index (Phi) is 19.9. The maximum absolute atomic E-state index is 10.2. The molecule has 12 heteroatoms. The van der Waals surface area contributed by atoms with Crippen LogP contribution in [0.3, 0.4) is 0 Å². The van der Waals surface area contributed by atoms with Crippen molar-refractivity contribution >= 4 is 53.5 Å². The zero-order chi connectivity index (χ0) is 9.00. The molecule has 1 atom stereocenters. The van der Waals surface area contributed by atoms with E-state index >= 15 is 0 Å². The maximum atomic E-state index is 10.2. The molecule has 0 rings (SSSR count). The molecule has 0 aliphatic rings. The van der Waals surface area contributed by atoms with Crippen LogP contribution in [0.25, 0.3) is 0 Å². The van der Waals surface area contributed by atoms with E-state index < -0.39 is 15.7 Å². The van der Waals surface area contributed by atoms with E-state index in [2.05, 4.69) is 0 Å². The van der Waals surface area contributed by atoms with Crippen LogP contribution in [-0.4, -0.2) is 47.5 Å². The summed E-state index contributed by atoms with van der Waals surface area (Å²) in [4.78, 5) is 39.7. The van der Waals surface area contributed by atoms with Crippen LogP contribution in [0.2, 0.25) is 0 Å². The van der Waals surface area contributed by atoms with Crippen molar-refractivity contribution < 1.29 is 67.4 Å². The maximum Gasteiger partial charge on any atom is 2.00 e. The van der Waals surface area contributed by atoms with Crippen LogP contribution in [0.1, 0.15) is 0 Å². The average molecular weight is 258 g/mol. The van der Waals surface area contributed by atoms with Crippen LogP contribution in [-0.2, 0) is 9.13 Å². The molecule has 0 saturated heterocycles. The third kappa shape index (κ3) is 272. The van der Waals surface area contributed by atoms with Gasteiger partial charge in [0.15, 0.2) is 0 Å². The molecule has 0 fully saturated rings. The molecular weight excluding hydrogens is 256 g/mol. The molecule has 0 spiro atoms. The Hall–Kier alpha value is 2.45. The summed E-state index contributed by atoms with van der Waals surface area (Å²) in [5.74, 6) is 0. The quantitative estimate of drug-likeness (QED) is 0.325. The molecule has 12 heavy (non-hydrogen) atoms. The largest absolute Gasteiger partial charge is 2.00 e. The molecule has 2 N–H and O–H groups in total. The fraction of sp³-hybridized carbons (Fsp3) is 0. The van der Waals surface area contributed by atoms with E-state index in [0.29, 0.717) is 0 Å². The van der Waals surface area contributed by atoms with E-state index in [-0.39, 0.29) is 67.3 Å². The number of halogens is 1. The van der Waals surface area contributed by atoms with Gasteiger partial charge in [-0.05, 0) is 0 Å². The molecule has 1 unspecified atom stereocenters. The zero-order valence-corrected chi connectivity index (χ0v) is 11.9. The normalized spacial score (nSPS) is 13.8. The van der Waals surface area contributed by atoms with Crippen molar-refractivity contribution in [2.45, 2.75) is 0 Å². The summed E-state index contributed by atoms with van der Waals surface area (Å²) < 4.78 is 27.5. The van der Waals surface area contributed by atoms with Gasteiger partial charge in [0.1, 0.15) is 0 Å². The monoisotopic (exact) mass is 258 g/mol. The van der Waals surface area contributed by atoms with Crippen LogP contribution in [0, 0.1) is 0 Å². The minimum Gasteiger partial charge on any atom is -0.790 e. The SMILES string of the molecule is O=P([O-])(O)F.O=P([O-])([O-])O.[Ca+2].[Na+]. The molecular formula is H2CaFNaO7P2. The molecule has 64 valence electrons. The minimum absolute atomic E-state index is 0. The molecule has 0 radical (unpaired) electrons. The summed E-state index contributed by atoms with van der Waals surface area (Å²) in [6, 6.07) is 0. The van der Waals surface area contributed by atoms with Crippen LogP contribution >= 0.6 is 15.7 Å². The Morgan fingerprint density at radius 2 is 1.08 bits per heavy atom. The number of phosphoric acid groups is 1. The molecule has 0 aromatic rings. The molecule has 0 amide bonds. The van der Waals surface area contributed by atoms with Gasteiger partial charge in [-0.2, -0.15) is 4.20 Å². The first kappa shape index (κ1) is 23.9. The topological polar surface area (TPSA) is 144 Å². The number of hydrogen-bond acceptors (Lipinski definition) is 5. The van der Waals surface area contributed by atoms with Crippen molar-refractivity contribution in [2.24, 2.45) is 0 Å². The average Bonchev–Trinajstić information content (AvgIpc) is 1.12. The summed E-state index contributed by atoms with van der Waals surface area (Å²) in [6.07, 6.45) is 0. The first-order valence-electron chi connectivity index (χ1n) is 1.48. The van der Waals surface area contributed by atoms with Gasteiger partial charge >= 0.3 is 75.2 Å². The van der Waals surface area contributed by atoms with Crippen molar-refractivity contribution in [1.82, 2.24) is 0 Å². The van der Waals surface area contributed by atoms with E-state index in [1.54, 1.807) is 0 Å². The van der Waals surface area contributed by atoms with E-state index in [1.165, 1.54) is 0 Å². The van der Waals surface area contributed by atoms with Crippen molar-refractivity contribution in [1.29, 1.82) is 0 Å². The van der Waals surface area contributed by atoms with Crippen molar-refractivity contribution in [3.63, 3.8) is 0 Å². The first-order chi connectivity index (χ1) is 4.00. The predicted molar refractivity (Wildman–Crippen MR) is 26.5 cm³/mol. The summed E-state index contributed by atoms with van der Waals surface area (Å²) in [7, 11) is -10.5. The van der Waals surface area contributed by atoms with Crippen LogP contribution in [0.5, 0.6) is 0 Å². The van der Waals surface area contributed by atoms with Gasteiger partial charge in [0, 0.05) is 0 Å². The molecule has 0 bridgehead atoms. The van der Waals surface area contributed by atoms with Crippen molar-refractivity contribution in [2.75, 3.05) is 0 Å². The Balaban J connectivity index is -0.0000000457. The zero-order valence-electron chi connectivity index (χ0n) is 5.92. The van der Waals surface area contributed by atoms with Crippen molar-refractivity contribution in [3.05, 3.63) is 0 Å². The Morgan fingerprint density at radius 1 is 1.08 bits per heavy atom. The second kappa shape index (κ2) is 9.98. The van der Waals surface area contributed by atoms with Crippen LogP contribution < -0.4 is 44.2 Å². The van der Waals surface area contributed by atoms with Gasteiger partial charge < -0.3 is 29.0 Å². The Bertz CT molecular complexity index is 134. The standard InChI is InChI=1S/Ca.FH2O3P.Na.H3O4P/c;1-5(2,3)4;;1-5(2,3)4/h;(H2,2,3,4);;(H3,1,2,3,4)/q+2;;+1;/p-3. The van der Waals surface area contributed by atoms with Gasteiger partial charge in [0.05, 0.1) is 7.82 Å². The summed E-state index contributed by atoms with van der Waals surface area (Å²) in [6.45, 7) is 0. The molecule has 0 saturated carbocycles. The van der Waals surface area contributed by atoms with E-state index in [9.17, 15) is 4.20 Å². The van der Waals surface area contributed by atoms with E-state index in [4.69, 9.17) is 33.6 Å². The fourth-order valence-corrected chi connectivity index (χ4v) is 0. The van der Waals surface area contributed by atoms with Gasteiger partial charge in [-0.1, -0.05) is 0 Å². The van der Waals surface area contributed by atoms with Gasteiger partial charge in [0.2, 0.25) is 0 Å². The van der Waals surface area contributed by atoms with Gasteiger partial charge in [-0.15, -0.1) is 0 Å². The fourth-order valence-electron chi connectivity index (χ4n) is 0. The van der Waals surface area contributed by atoms with E-state index in [1.807, 2.05) is 0 Å². The van der Waals surface area contributed by atoms with Gasteiger partial charge in [-0.3, -0.25) is 4.57 Å². The molecule has 0 aromatic heterocycles. The predicted octanol–water partition coefficient (Wildman–Crippen LogP) is -6.15. The molecule has 0 heterocycles. The van der Waals surface area contributed by atoms with Crippen molar-refractivity contribution in [3.8, 4) is 0 Å². The second-order valence-electron chi connectivity index (χ2n) is 0.920. The number of rotatable bonds is 0. The second-order valence-corrected chi connectivity index (χ2v) is 2.76. The number of hydrogen-bond donors (Lipinski definition) is 2. The smallest absolute Gasteiger partial charge is 0.790 e. The molecule has 7 nitrogen and oxygen atoms in total. The summed E-state index contributed by atoms with van der Waals surface area (Å²) in [5.41, 5.74) is 0. The Labute approximate surface area is 119 Å². The molecule has 0 aromatic carbocycles. The molecule has 0 aliphatic heterocycles. The van der Waals surface area contributed by atoms with Gasteiger partial charge in [-0.25, -0.2) is 0 Å². The van der Waals surface area contributed by atoms with Gasteiger partial charge in [0.25, 0.3) is 0 Å². The van der Waals surface area contributed by atoms with Crippen LogP contribution in [0.15, 0.2) is 0 Å². The van der Waals surface area contributed by atoms with Crippen LogP contribution in [0.4, 0.5) is 4.20 Å². The first-order valence-corrected chi connectivity index (χ1v) is 4.45. The third-order valence-corrected chi connectivity index (χ3v) is 0. The summed E-state index contributed by atoms with van der Waals surface area (Å²) >= 11 is 0. The Morgan fingerprint density at radius 3 is 1.08 bits per heavy atom.